The van der Waals surface area contributed by atoms with Crippen molar-refractivity contribution >= 4 is 21.9 Å². The molecule has 0 aromatic heterocycles. The number of sulfonamides is 1. The van der Waals surface area contributed by atoms with Crippen LogP contribution in [0.1, 0.15) is 63.2 Å². The summed E-state index contributed by atoms with van der Waals surface area (Å²) in [6.07, 6.45) is 4.31. The van der Waals surface area contributed by atoms with Crippen LogP contribution in [-0.2, 0) is 19.6 Å². The van der Waals surface area contributed by atoms with Gasteiger partial charge in [-0.25, -0.2) is 13.2 Å². The SMILES string of the molecule is CC1CC(C)CN(S(=O)(=O)c2ccc(C(=O)OC(C)C(=O)N3CCCCCC3)cc2)C1. The van der Waals surface area contributed by atoms with Crippen LogP contribution < -0.4 is 0 Å². The molecule has 1 aromatic carbocycles. The first-order chi connectivity index (χ1) is 14.7. The van der Waals surface area contributed by atoms with Gasteiger partial charge in [-0.1, -0.05) is 26.7 Å². The number of carbonyl (C=O) groups is 2. The number of piperidine rings is 1. The molecule has 2 fully saturated rings. The summed E-state index contributed by atoms with van der Waals surface area (Å²) in [6, 6.07) is 5.79. The molecule has 3 unspecified atom stereocenters. The van der Waals surface area contributed by atoms with E-state index in [0.29, 0.717) is 38.0 Å². The molecule has 8 heteroatoms. The number of rotatable bonds is 5. The first-order valence-corrected chi connectivity index (χ1v) is 12.7. The van der Waals surface area contributed by atoms with E-state index in [4.69, 9.17) is 4.74 Å². The quantitative estimate of drug-likeness (QED) is 0.643. The van der Waals surface area contributed by atoms with Crippen LogP contribution in [0.15, 0.2) is 29.2 Å². The maximum Gasteiger partial charge on any atom is 0.338 e. The Balaban J connectivity index is 1.63. The Hall–Kier alpha value is -1.93. The van der Waals surface area contributed by atoms with Gasteiger partial charge < -0.3 is 9.64 Å². The number of nitrogens with zero attached hydrogens (tertiary/aromatic N) is 2. The van der Waals surface area contributed by atoms with Gasteiger partial charge in [0.2, 0.25) is 10.0 Å². The van der Waals surface area contributed by atoms with Crippen molar-refractivity contribution in [2.75, 3.05) is 26.2 Å². The van der Waals surface area contributed by atoms with Crippen LogP contribution in [0.3, 0.4) is 0 Å². The smallest absolute Gasteiger partial charge is 0.338 e. The minimum Gasteiger partial charge on any atom is -0.449 e. The van der Waals surface area contributed by atoms with Gasteiger partial charge in [0.1, 0.15) is 0 Å². The molecule has 1 aromatic rings. The predicted molar refractivity (Wildman–Crippen MR) is 118 cm³/mol. The van der Waals surface area contributed by atoms with Gasteiger partial charge in [-0.15, -0.1) is 0 Å². The molecule has 2 aliphatic rings. The third-order valence-electron chi connectivity index (χ3n) is 6.11. The molecule has 0 saturated carbocycles. The third-order valence-corrected chi connectivity index (χ3v) is 7.96. The summed E-state index contributed by atoms with van der Waals surface area (Å²) in [5, 5.41) is 0. The van der Waals surface area contributed by atoms with Crippen LogP contribution in [0, 0.1) is 11.8 Å². The molecule has 1 amide bonds. The number of esters is 1. The monoisotopic (exact) mass is 450 g/mol. The number of hydrogen-bond acceptors (Lipinski definition) is 5. The maximum absolute atomic E-state index is 13.0. The predicted octanol–water partition coefficient (Wildman–Crippen LogP) is 3.30. The fraction of sp³-hybridized carbons (Fsp3) is 0.652. The number of carbonyl (C=O) groups excluding carboxylic acids is 2. The topological polar surface area (TPSA) is 84.0 Å². The first kappa shape index (κ1) is 23.7. The fourth-order valence-electron chi connectivity index (χ4n) is 4.54. The lowest BCUT2D eigenvalue weighted by Gasteiger charge is -2.34. The molecule has 31 heavy (non-hydrogen) atoms. The van der Waals surface area contributed by atoms with Crippen LogP contribution in [-0.4, -0.2) is 61.8 Å². The van der Waals surface area contributed by atoms with E-state index >= 15 is 0 Å². The minimum atomic E-state index is -3.60. The summed E-state index contributed by atoms with van der Waals surface area (Å²) >= 11 is 0. The van der Waals surface area contributed by atoms with E-state index in [1.54, 1.807) is 11.8 Å². The Morgan fingerprint density at radius 3 is 2.06 bits per heavy atom. The second kappa shape index (κ2) is 10.1. The molecule has 2 aliphatic heterocycles. The fourth-order valence-corrected chi connectivity index (χ4v) is 6.22. The van der Waals surface area contributed by atoms with Crippen LogP contribution in [0.2, 0.25) is 0 Å². The molecular formula is C23H34N2O5S. The molecular weight excluding hydrogens is 416 g/mol. The molecule has 0 radical (unpaired) electrons. The number of likely N-dealkylation sites (tertiary alicyclic amines) is 1. The van der Waals surface area contributed by atoms with Crippen molar-refractivity contribution in [2.24, 2.45) is 11.8 Å². The zero-order valence-electron chi connectivity index (χ0n) is 18.7. The van der Waals surface area contributed by atoms with Crippen molar-refractivity contribution in [3.8, 4) is 0 Å². The van der Waals surface area contributed by atoms with Gasteiger partial charge in [-0.3, -0.25) is 4.79 Å². The van der Waals surface area contributed by atoms with Gasteiger partial charge in [0.15, 0.2) is 6.10 Å². The van der Waals surface area contributed by atoms with Gasteiger partial charge in [0, 0.05) is 26.2 Å². The van der Waals surface area contributed by atoms with E-state index in [2.05, 4.69) is 13.8 Å². The molecule has 2 saturated heterocycles. The van der Waals surface area contributed by atoms with E-state index in [-0.39, 0.29) is 16.4 Å². The number of benzene rings is 1. The number of amides is 1. The highest BCUT2D eigenvalue weighted by Crippen LogP contribution is 2.27. The minimum absolute atomic E-state index is 0.166. The molecule has 0 bridgehead atoms. The molecule has 3 rings (SSSR count). The lowest BCUT2D eigenvalue weighted by Crippen LogP contribution is -2.42. The Morgan fingerprint density at radius 2 is 1.52 bits per heavy atom. The highest BCUT2D eigenvalue weighted by molar-refractivity contribution is 7.89. The maximum atomic E-state index is 13.0. The standard InChI is InChI=1S/C23H34N2O5S/c1-17-14-18(2)16-25(15-17)31(28,29)21-10-8-20(9-11-21)23(27)30-19(3)22(26)24-12-6-4-5-7-13-24/h8-11,17-19H,4-7,12-16H2,1-3H3. The summed E-state index contributed by atoms with van der Waals surface area (Å²) in [5.41, 5.74) is 0.231. The Bertz CT molecular complexity index is 866. The average molecular weight is 451 g/mol. The molecule has 2 heterocycles. The van der Waals surface area contributed by atoms with Gasteiger partial charge in [0.25, 0.3) is 5.91 Å². The lowest BCUT2D eigenvalue weighted by molar-refractivity contribution is -0.139. The summed E-state index contributed by atoms with van der Waals surface area (Å²) in [7, 11) is -3.60. The second-order valence-electron chi connectivity index (χ2n) is 9.08. The lowest BCUT2D eigenvalue weighted by atomic mass is 9.94. The number of ether oxygens (including phenoxy) is 1. The van der Waals surface area contributed by atoms with Crippen molar-refractivity contribution in [3.63, 3.8) is 0 Å². The Morgan fingerprint density at radius 1 is 0.968 bits per heavy atom. The van der Waals surface area contributed by atoms with Crippen molar-refractivity contribution < 1.29 is 22.7 Å². The van der Waals surface area contributed by atoms with Crippen molar-refractivity contribution in [3.05, 3.63) is 29.8 Å². The molecule has 7 nitrogen and oxygen atoms in total. The largest absolute Gasteiger partial charge is 0.449 e. The van der Waals surface area contributed by atoms with Crippen LogP contribution in [0.4, 0.5) is 0 Å². The van der Waals surface area contributed by atoms with Crippen LogP contribution in [0.25, 0.3) is 0 Å². The molecule has 0 aliphatic carbocycles. The second-order valence-corrected chi connectivity index (χ2v) is 11.0. The van der Waals surface area contributed by atoms with E-state index in [1.165, 1.54) is 28.6 Å². The summed E-state index contributed by atoms with van der Waals surface area (Å²) in [4.78, 5) is 27.0. The van der Waals surface area contributed by atoms with Gasteiger partial charge >= 0.3 is 5.97 Å². The van der Waals surface area contributed by atoms with E-state index in [0.717, 1.165) is 32.1 Å². The molecule has 0 spiro atoms. The van der Waals surface area contributed by atoms with E-state index < -0.39 is 22.1 Å². The van der Waals surface area contributed by atoms with Gasteiger partial charge in [-0.2, -0.15) is 4.31 Å². The van der Waals surface area contributed by atoms with E-state index in [1.807, 2.05) is 0 Å². The van der Waals surface area contributed by atoms with Crippen molar-refractivity contribution in [1.29, 1.82) is 0 Å². The molecule has 3 atom stereocenters. The van der Waals surface area contributed by atoms with Crippen LogP contribution in [0.5, 0.6) is 0 Å². The highest BCUT2D eigenvalue weighted by atomic mass is 32.2. The van der Waals surface area contributed by atoms with Crippen molar-refractivity contribution in [1.82, 2.24) is 9.21 Å². The van der Waals surface area contributed by atoms with Crippen molar-refractivity contribution in [2.45, 2.75) is 63.9 Å². The number of hydrogen-bond donors (Lipinski definition) is 0. The highest BCUT2D eigenvalue weighted by Gasteiger charge is 2.32. The molecule has 0 N–H and O–H groups in total. The summed E-state index contributed by atoms with van der Waals surface area (Å²) < 4.78 is 32.9. The average Bonchev–Trinajstić information content (AvgIpc) is 3.02. The molecule has 172 valence electrons. The zero-order valence-corrected chi connectivity index (χ0v) is 19.6. The van der Waals surface area contributed by atoms with Gasteiger partial charge in [0.05, 0.1) is 10.5 Å². The van der Waals surface area contributed by atoms with Gasteiger partial charge in [-0.05, 0) is 62.3 Å². The van der Waals surface area contributed by atoms with Crippen LogP contribution >= 0.6 is 0 Å². The third kappa shape index (κ3) is 5.86. The summed E-state index contributed by atoms with van der Waals surface area (Å²) in [6.45, 7) is 8.11. The Labute approximate surface area is 185 Å². The summed E-state index contributed by atoms with van der Waals surface area (Å²) in [5.74, 6) is -0.172. The first-order valence-electron chi connectivity index (χ1n) is 11.3. The zero-order chi connectivity index (χ0) is 22.6. The van der Waals surface area contributed by atoms with E-state index in [9.17, 15) is 18.0 Å². The normalized spacial score (nSPS) is 24.3. The Kier molecular flexibility index (Phi) is 7.75.